The van der Waals surface area contributed by atoms with Crippen molar-refractivity contribution in [2.75, 3.05) is 23.3 Å². The van der Waals surface area contributed by atoms with E-state index in [0.29, 0.717) is 30.6 Å². The van der Waals surface area contributed by atoms with Gasteiger partial charge in [0, 0.05) is 13.0 Å². The molecule has 166 valence electrons. The lowest BCUT2D eigenvalue weighted by atomic mass is 10.1. The first-order valence-electron chi connectivity index (χ1n) is 9.44. The van der Waals surface area contributed by atoms with Crippen LogP contribution in [0.3, 0.4) is 0 Å². The first kappa shape index (κ1) is 22.3. The van der Waals surface area contributed by atoms with E-state index in [1.807, 2.05) is 0 Å². The molecule has 8 nitrogen and oxygen atoms in total. The van der Waals surface area contributed by atoms with E-state index in [1.165, 1.54) is 44.2 Å². The predicted molar refractivity (Wildman–Crippen MR) is 106 cm³/mol. The number of hydrogen-bond donors (Lipinski definition) is 1. The lowest BCUT2D eigenvalue weighted by Gasteiger charge is -2.39. The Morgan fingerprint density at radius 2 is 1.74 bits per heavy atom. The molecule has 2 heterocycles. The van der Waals surface area contributed by atoms with Crippen molar-refractivity contribution < 1.29 is 32.2 Å². The first-order valence-corrected chi connectivity index (χ1v) is 9.44. The van der Waals surface area contributed by atoms with E-state index in [2.05, 4.69) is 20.0 Å². The molecule has 0 amide bonds. The van der Waals surface area contributed by atoms with Gasteiger partial charge in [-0.1, -0.05) is 0 Å². The first-order chi connectivity index (χ1) is 14.5. The molecule has 1 aromatic carbocycles. The normalized spacial score (nSPS) is 15.1. The van der Waals surface area contributed by atoms with Crippen molar-refractivity contribution in [2.45, 2.75) is 39.3 Å². The number of nitrogens with one attached hydrogen (secondary N) is 1. The average Bonchev–Trinajstić information content (AvgIpc) is 2.64. The number of halogens is 3. The summed E-state index contributed by atoms with van der Waals surface area (Å²) in [5.41, 5.74) is 0.216. The zero-order valence-corrected chi connectivity index (χ0v) is 17.1. The van der Waals surface area contributed by atoms with Crippen LogP contribution >= 0.6 is 0 Å². The largest absolute Gasteiger partial charge is 0.573 e. The van der Waals surface area contributed by atoms with Gasteiger partial charge in [-0.05, 0) is 38.1 Å². The van der Waals surface area contributed by atoms with Crippen LogP contribution in [0.1, 0.15) is 31.3 Å². The van der Waals surface area contributed by atoms with Crippen LogP contribution in [-0.2, 0) is 4.79 Å². The Bertz CT molecular complexity index is 960. The minimum absolute atomic E-state index is 0.0754. The van der Waals surface area contributed by atoms with Gasteiger partial charge in [-0.25, -0.2) is 4.98 Å². The molecule has 1 atom stereocenters. The standard InChI is InChI=1S/C20H21F3N4O4/c1-11(12(2)28)24-18-8-17(13(3)29)25-19(26-18)27-9-16(10-27)30-14-4-6-15(7-5-14)31-20(21,22)23/h4-8,11,16H,9-10H2,1-3H3,(H,24,25,26)/t11-/m0/s1. The van der Waals surface area contributed by atoms with Gasteiger partial charge >= 0.3 is 6.36 Å². The van der Waals surface area contributed by atoms with E-state index in [-0.39, 0.29) is 29.1 Å². The Balaban J connectivity index is 1.62. The number of alkyl halides is 3. The van der Waals surface area contributed by atoms with Gasteiger partial charge in [0.2, 0.25) is 5.95 Å². The zero-order valence-electron chi connectivity index (χ0n) is 17.1. The van der Waals surface area contributed by atoms with Crippen molar-refractivity contribution in [3.8, 4) is 11.5 Å². The summed E-state index contributed by atoms with van der Waals surface area (Å²) < 4.78 is 46.2. The van der Waals surface area contributed by atoms with E-state index in [4.69, 9.17) is 4.74 Å². The summed E-state index contributed by atoms with van der Waals surface area (Å²) in [5, 5.41) is 2.95. The lowest BCUT2D eigenvalue weighted by molar-refractivity contribution is -0.274. The number of Topliss-reactive ketones (excluding diaryl/α,β-unsaturated/α-hetero) is 2. The van der Waals surface area contributed by atoms with E-state index < -0.39 is 12.4 Å². The minimum Gasteiger partial charge on any atom is -0.487 e. The van der Waals surface area contributed by atoms with Crippen LogP contribution in [0.4, 0.5) is 24.9 Å². The second-order valence-electron chi connectivity index (χ2n) is 7.14. The van der Waals surface area contributed by atoms with Crippen molar-refractivity contribution >= 4 is 23.3 Å². The van der Waals surface area contributed by atoms with Gasteiger partial charge in [-0.15, -0.1) is 13.2 Å². The Morgan fingerprint density at radius 1 is 1.13 bits per heavy atom. The number of rotatable bonds is 8. The molecular formula is C20H21F3N4O4. The highest BCUT2D eigenvalue weighted by Crippen LogP contribution is 2.27. The quantitative estimate of drug-likeness (QED) is 0.628. The summed E-state index contributed by atoms with van der Waals surface area (Å²) in [6.07, 6.45) is -4.98. The second kappa shape index (κ2) is 8.78. The number of nitrogens with zero attached hydrogens (tertiary/aromatic N) is 3. The number of carbonyl (C=O) groups is 2. The topological polar surface area (TPSA) is 93.7 Å². The molecule has 0 bridgehead atoms. The number of anilines is 2. The molecule has 1 aliphatic heterocycles. The molecular weight excluding hydrogens is 417 g/mol. The third kappa shape index (κ3) is 6.06. The average molecular weight is 438 g/mol. The fourth-order valence-corrected chi connectivity index (χ4v) is 2.74. The van der Waals surface area contributed by atoms with Crippen LogP contribution < -0.4 is 19.7 Å². The molecule has 0 aliphatic carbocycles. The van der Waals surface area contributed by atoms with Gasteiger partial charge in [0.1, 0.15) is 29.1 Å². The number of benzene rings is 1. The van der Waals surface area contributed by atoms with Crippen molar-refractivity contribution in [1.29, 1.82) is 0 Å². The van der Waals surface area contributed by atoms with Crippen LogP contribution in [0, 0.1) is 0 Å². The second-order valence-corrected chi connectivity index (χ2v) is 7.14. The fourth-order valence-electron chi connectivity index (χ4n) is 2.74. The minimum atomic E-state index is -4.75. The molecule has 1 fully saturated rings. The van der Waals surface area contributed by atoms with E-state index in [9.17, 15) is 22.8 Å². The summed E-state index contributed by atoms with van der Waals surface area (Å²) >= 11 is 0. The number of ether oxygens (including phenoxy) is 2. The number of hydrogen-bond acceptors (Lipinski definition) is 8. The summed E-state index contributed by atoms with van der Waals surface area (Å²) in [7, 11) is 0. The van der Waals surface area contributed by atoms with Gasteiger partial charge in [0.15, 0.2) is 11.6 Å². The van der Waals surface area contributed by atoms with Crippen molar-refractivity contribution in [1.82, 2.24) is 9.97 Å². The summed E-state index contributed by atoms with van der Waals surface area (Å²) in [4.78, 5) is 33.7. The molecule has 0 radical (unpaired) electrons. The Kier molecular flexibility index (Phi) is 6.32. The smallest absolute Gasteiger partial charge is 0.487 e. The molecule has 1 aromatic heterocycles. The fraction of sp³-hybridized carbons (Fsp3) is 0.400. The third-order valence-electron chi connectivity index (χ3n) is 4.54. The molecule has 1 saturated heterocycles. The lowest BCUT2D eigenvalue weighted by Crippen LogP contribution is -2.54. The highest BCUT2D eigenvalue weighted by atomic mass is 19.4. The molecule has 0 unspecified atom stereocenters. The van der Waals surface area contributed by atoms with Gasteiger partial charge in [0.05, 0.1) is 19.1 Å². The molecule has 0 saturated carbocycles. The van der Waals surface area contributed by atoms with Crippen molar-refractivity contribution in [2.24, 2.45) is 0 Å². The molecule has 3 rings (SSSR count). The highest BCUT2D eigenvalue weighted by molar-refractivity contribution is 5.93. The molecule has 0 spiro atoms. The maximum atomic E-state index is 12.2. The monoisotopic (exact) mass is 438 g/mol. The third-order valence-corrected chi connectivity index (χ3v) is 4.54. The van der Waals surface area contributed by atoms with E-state index in [1.54, 1.807) is 11.8 Å². The maximum absolute atomic E-state index is 12.2. The Hall–Kier alpha value is -3.37. The van der Waals surface area contributed by atoms with Gasteiger partial charge in [-0.3, -0.25) is 9.59 Å². The van der Waals surface area contributed by atoms with Crippen LogP contribution in [0.5, 0.6) is 11.5 Å². The summed E-state index contributed by atoms with van der Waals surface area (Å²) in [6.45, 7) is 5.37. The van der Waals surface area contributed by atoms with Crippen LogP contribution in [-0.4, -0.2) is 53.1 Å². The molecule has 1 aliphatic rings. The summed E-state index contributed by atoms with van der Waals surface area (Å²) in [6, 6.07) is 6.15. The van der Waals surface area contributed by atoms with E-state index in [0.717, 1.165) is 0 Å². The molecule has 2 aromatic rings. The molecule has 11 heteroatoms. The predicted octanol–water partition coefficient (Wildman–Crippen LogP) is 3.23. The number of ketones is 2. The Morgan fingerprint density at radius 3 is 2.29 bits per heavy atom. The van der Waals surface area contributed by atoms with Crippen LogP contribution in [0.15, 0.2) is 30.3 Å². The van der Waals surface area contributed by atoms with Crippen molar-refractivity contribution in [3.05, 3.63) is 36.0 Å². The van der Waals surface area contributed by atoms with Gasteiger partial charge in [0.25, 0.3) is 0 Å². The summed E-state index contributed by atoms with van der Waals surface area (Å²) in [5.74, 6) is 0.437. The SMILES string of the molecule is CC(=O)c1cc(N[C@@H](C)C(C)=O)nc(N2CC(Oc3ccc(OC(F)(F)F)cc3)C2)n1. The zero-order chi connectivity index (χ0) is 22.8. The van der Waals surface area contributed by atoms with Crippen molar-refractivity contribution in [3.63, 3.8) is 0 Å². The van der Waals surface area contributed by atoms with Gasteiger partial charge in [-0.2, -0.15) is 4.98 Å². The van der Waals surface area contributed by atoms with Crippen LogP contribution in [0.25, 0.3) is 0 Å². The molecule has 1 N–H and O–H groups in total. The maximum Gasteiger partial charge on any atom is 0.573 e. The molecule has 31 heavy (non-hydrogen) atoms. The van der Waals surface area contributed by atoms with Gasteiger partial charge < -0.3 is 19.7 Å². The number of aromatic nitrogens is 2. The highest BCUT2D eigenvalue weighted by Gasteiger charge is 2.32. The Labute approximate surface area is 176 Å². The van der Waals surface area contributed by atoms with E-state index >= 15 is 0 Å². The number of carbonyl (C=O) groups excluding carboxylic acids is 2. The van der Waals surface area contributed by atoms with Crippen LogP contribution in [0.2, 0.25) is 0 Å².